The minimum atomic E-state index is -0.603. The van der Waals surface area contributed by atoms with E-state index in [1.807, 2.05) is 55.5 Å². The summed E-state index contributed by atoms with van der Waals surface area (Å²) in [6.45, 7) is 4.33. The van der Waals surface area contributed by atoms with Crippen LogP contribution in [0.3, 0.4) is 0 Å². The third-order valence-corrected chi connectivity index (χ3v) is 5.09. The average Bonchev–Trinajstić information content (AvgIpc) is 2.74. The Morgan fingerprint density at radius 3 is 2.43 bits per heavy atom. The molecule has 0 aliphatic carbocycles. The number of para-hydroxylation sites is 1. The van der Waals surface area contributed by atoms with Crippen LogP contribution in [0.25, 0.3) is 33.3 Å². The first kappa shape index (κ1) is 19.6. The van der Waals surface area contributed by atoms with Gasteiger partial charge in [0.1, 0.15) is 11.6 Å². The molecule has 4 rings (SSSR count). The molecule has 0 saturated heterocycles. The lowest BCUT2D eigenvalue weighted by Gasteiger charge is -2.14. The Labute approximate surface area is 174 Å². The molecule has 0 saturated carbocycles. The number of benzene rings is 3. The van der Waals surface area contributed by atoms with Crippen molar-refractivity contribution in [2.75, 3.05) is 6.61 Å². The number of hydrogen-bond donors (Lipinski definition) is 1. The van der Waals surface area contributed by atoms with E-state index in [1.165, 1.54) is 12.1 Å². The van der Waals surface area contributed by atoms with E-state index in [4.69, 9.17) is 10.5 Å². The summed E-state index contributed by atoms with van der Waals surface area (Å²) in [7, 11) is 0. The van der Waals surface area contributed by atoms with Gasteiger partial charge in [0.05, 0.1) is 23.4 Å². The van der Waals surface area contributed by atoms with Crippen LogP contribution in [0.2, 0.25) is 0 Å². The monoisotopic (exact) mass is 400 g/mol. The first-order valence-electron chi connectivity index (χ1n) is 9.72. The van der Waals surface area contributed by atoms with Crippen LogP contribution in [-0.4, -0.2) is 17.5 Å². The summed E-state index contributed by atoms with van der Waals surface area (Å²) >= 11 is 0. The number of primary amides is 1. The van der Waals surface area contributed by atoms with E-state index >= 15 is 0 Å². The molecule has 1 heterocycles. The summed E-state index contributed by atoms with van der Waals surface area (Å²) in [4.78, 5) is 16.8. The highest BCUT2D eigenvalue weighted by atomic mass is 19.1. The summed E-state index contributed by atoms with van der Waals surface area (Å²) in [5.74, 6) is -0.212. The number of rotatable bonds is 5. The Bertz CT molecular complexity index is 1250. The standard InChI is InChI=1S/C25H21FN2O2/c1-3-30-22-7-5-4-6-19(22)16-8-10-17(11-9-16)24-15(2)23(25(27)29)20-14-18(26)12-13-21(20)28-24/h4-14H,3H2,1-2H3,(H2,27,29). The molecule has 4 aromatic rings. The molecular formula is C25H21FN2O2. The van der Waals surface area contributed by atoms with Crippen molar-refractivity contribution in [1.29, 1.82) is 0 Å². The van der Waals surface area contributed by atoms with Gasteiger partial charge in [0.15, 0.2) is 0 Å². The van der Waals surface area contributed by atoms with Crippen molar-refractivity contribution in [1.82, 2.24) is 4.98 Å². The molecule has 0 atom stereocenters. The number of halogens is 1. The molecule has 150 valence electrons. The van der Waals surface area contributed by atoms with Crippen molar-refractivity contribution in [3.63, 3.8) is 0 Å². The number of pyridine rings is 1. The average molecular weight is 400 g/mol. The van der Waals surface area contributed by atoms with Gasteiger partial charge in [-0.2, -0.15) is 0 Å². The van der Waals surface area contributed by atoms with Gasteiger partial charge in [-0.25, -0.2) is 9.37 Å². The predicted octanol–water partition coefficient (Wildman–Crippen LogP) is 5.51. The summed E-state index contributed by atoms with van der Waals surface area (Å²) in [5, 5.41) is 0.422. The van der Waals surface area contributed by atoms with Gasteiger partial charge < -0.3 is 10.5 Å². The van der Waals surface area contributed by atoms with E-state index in [0.717, 1.165) is 22.4 Å². The fraction of sp³-hybridized carbons (Fsp3) is 0.120. The zero-order valence-corrected chi connectivity index (χ0v) is 16.8. The number of nitrogens with two attached hydrogens (primary N) is 1. The molecule has 0 spiro atoms. The number of carbonyl (C=O) groups excluding carboxylic acids is 1. The largest absolute Gasteiger partial charge is 0.493 e. The number of amides is 1. The maximum Gasteiger partial charge on any atom is 0.249 e. The van der Waals surface area contributed by atoms with Gasteiger partial charge in [0, 0.05) is 16.5 Å². The van der Waals surface area contributed by atoms with Crippen LogP contribution in [-0.2, 0) is 0 Å². The van der Waals surface area contributed by atoms with Crippen molar-refractivity contribution >= 4 is 16.8 Å². The Hall–Kier alpha value is -3.73. The molecule has 0 radical (unpaired) electrons. The lowest BCUT2D eigenvalue weighted by molar-refractivity contribution is 0.100. The van der Waals surface area contributed by atoms with Crippen molar-refractivity contribution in [2.24, 2.45) is 5.73 Å². The summed E-state index contributed by atoms with van der Waals surface area (Å²) in [6, 6.07) is 20.0. The molecule has 1 aromatic heterocycles. The molecule has 0 aliphatic heterocycles. The number of hydrogen-bond acceptors (Lipinski definition) is 3. The van der Waals surface area contributed by atoms with Crippen molar-refractivity contribution < 1.29 is 13.9 Å². The SMILES string of the molecule is CCOc1ccccc1-c1ccc(-c2nc3ccc(F)cc3c(C(N)=O)c2C)cc1. The molecule has 30 heavy (non-hydrogen) atoms. The normalized spacial score (nSPS) is 10.9. The summed E-state index contributed by atoms with van der Waals surface area (Å²) in [5.41, 5.74) is 10.6. The minimum Gasteiger partial charge on any atom is -0.493 e. The van der Waals surface area contributed by atoms with Crippen LogP contribution in [0.15, 0.2) is 66.7 Å². The lowest BCUT2D eigenvalue weighted by Crippen LogP contribution is -2.15. The van der Waals surface area contributed by atoms with E-state index < -0.39 is 11.7 Å². The van der Waals surface area contributed by atoms with Gasteiger partial charge in [-0.05, 0) is 49.2 Å². The van der Waals surface area contributed by atoms with Crippen LogP contribution in [0.5, 0.6) is 5.75 Å². The number of carbonyl (C=O) groups is 1. The van der Waals surface area contributed by atoms with Crippen LogP contribution in [0.1, 0.15) is 22.8 Å². The molecular weight excluding hydrogens is 379 g/mol. The zero-order valence-electron chi connectivity index (χ0n) is 16.8. The van der Waals surface area contributed by atoms with E-state index in [0.29, 0.717) is 34.3 Å². The van der Waals surface area contributed by atoms with E-state index in [9.17, 15) is 9.18 Å². The van der Waals surface area contributed by atoms with Crippen molar-refractivity contribution in [3.05, 3.63) is 83.7 Å². The molecule has 0 bridgehead atoms. The lowest BCUT2D eigenvalue weighted by atomic mass is 9.96. The molecule has 0 unspecified atom stereocenters. The smallest absolute Gasteiger partial charge is 0.249 e. The van der Waals surface area contributed by atoms with E-state index in [2.05, 4.69) is 4.98 Å². The highest BCUT2D eigenvalue weighted by molar-refractivity contribution is 6.08. The Balaban J connectivity index is 1.83. The van der Waals surface area contributed by atoms with E-state index in [1.54, 1.807) is 13.0 Å². The molecule has 1 amide bonds. The molecule has 4 nitrogen and oxygen atoms in total. The zero-order chi connectivity index (χ0) is 21.3. The number of aromatic nitrogens is 1. The molecule has 0 fully saturated rings. The fourth-order valence-corrected chi connectivity index (χ4v) is 3.72. The minimum absolute atomic E-state index is 0.292. The maximum absolute atomic E-state index is 13.7. The molecule has 2 N–H and O–H groups in total. The second-order valence-electron chi connectivity index (χ2n) is 6.99. The van der Waals surface area contributed by atoms with Gasteiger partial charge >= 0.3 is 0 Å². The maximum atomic E-state index is 13.7. The number of fused-ring (bicyclic) bond motifs is 1. The van der Waals surface area contributed by atoms with Gasteiger partial charge in [-0.15, -0.1) is 0 Å². The van der Waals surface area contributed by atoms with Crippen LogP contribution in [0, 0.1) is 12.7 Å². The van der Waals surface area contributed by atoms with Gasteiger partial charge in [-0.1, -0.05) is 42.5 Å². The van der Waals surface area contributed by atoms with E-state index in [-0.39, 0.29) is 0 Å². The van der Waals surface area contributed by atoms with Crippen molar-refractivity contribution in [3.8, 4) is 28.1 Å². The number of ether oxygens (including phenoxy) is 1. The number of nitrogens with zero attached hydrogens (tertiary/aromatic N) is 1. The molecule has 3 aromatic carbocycles. The van der Waals surface area contributed by atoms with Crippen LogP contribution < -0.4 is 10.5 Å². The Morgan fingerprint density at radius 2 is 1.73 bits per heavy atom. The third-order valence-electron chi connectivity index (χ3n) is 5.09. The second-order valence-corrected chi connectivity index (χ2v) is 6.99. The first-order valence-corrected chi connectivity index (χ1v) is 9.72. The fourth-order valence-electron chi connectivity index (χ4n) is 3.72. The van der Waals surface area contributed by atoms with Crippen molar-refractivity contribution in [2.45, 2.75) is 13.8 Å². The quantitative estimate of drug-likeness (QED) is 0.480. The highest BCUT2D eigenvalue weighted by Gasteiger charge is 2.18. The van der Waals surface area contributed by atoms with Gasteiger partial charge in [-0.3, -0.25) is 4.79 Å². The van der Waals surface area contributed by atoms with Gasteiger partial charge in [0.2, 0.25) is 5.91 Å². The molecule has 5 heteroatoms. The predicted molar refractivity (Wildman–Crippen MR) is 117 cm³/mol. The summed E-state index contributed by atoms with van der Waals surface area (Å²) in [6.07, 6.45) is 0. The third kappa shape index (κ3) is 3.50. The topological polar surface area (TPSA) is 65.2 Å². The Morgan fingerprint density at radius 1 is 1.03 bits per heavy atom. The molecule has 0 aliphatic rings. The van der Waals surface area contributed by atoms with Crippen LogP contribution in [0.4, 0.5) is 4.39 Å². The van der Waals surface area contributed by atoms with Crippen LogP contribution >= 0.6 is 0 Å². The first-order chi connectivity index (χ1) is 14.5. The second kappa shape index (κ2) is 7.95. The summed E-state index contributed by atoms with van der Waals surface area (Å²) < 4.78 is 19.5. The Kier molecular flexibility index (Phi) is 5.19. The highest BCUT2D eigenvalue weighted by Crippen LogP contribution is 2.34. The van der Waals surface area contributed by atoms with Gasteiger partial charge in [0.25, 0.3) is 0 Å².